The third kappa shape index (κ3) is 4.64. The molecule has 1 saturated heterocycles. The third-order valence-corrected chi connectivity index (χ3v) is 3.25. The summed E-state index contributed by atoms with van der Waals surface area (Å²) in [7, 11) is 4.10. The summed E-state index contributed by atoms with van der Waals surface area (Å²) in [6.07, 6.45) is 3.16. The topological polar surface area (TPSA) is 52.7 Å². The van der Waals surface area contributed by atoms with Crippen molar-refractivity contribution in [2.45, 2.75) is 38.6 Å². The van der Waals surface area contributed by atoms with Crippen LogP contribution in [0.15, 0.2) is 0 Å². The van der Waals surface area contributed by atoms with E-state index in [4.69, 9.17) is 0 Å². The van der Waals surface area contributed by atoms with Crippen molar-refractivity contribution in [3.05, 3.63) is 0 Å². The molecule has 0 radical (unpaired) electrons. The van der Waals surface area contributed by atoms with Gasteiger partial charge < -0.3 is 15.1 Å². The molecule has 0 saturated carbocycles. The summed E-state index contributed by atoms with van der Waals surface area (Å²) in [6, 6.07) is -0.325. The van der Waals surface area contributed by atoms with Crippen molar-refractivity contribution in [2.24, 2.45) is 0 Å². The zero-order valence-electron chi connectivity index (χ0n) is 11.7. The van der Waals surface area contributed by atoms with Crippen molar-refractivity contribution < 1.29 is 9.59 Å². The highest BCUT2D eigenvalue weighted by Crippen LogP contribution is 2.08. The molecule has 0 aromatic rings. The molecule has 5 heteroatoms. The first-order valence-corrected chi connectivity index (χ1v) is 6.77. The van der Waals surface area contributed by atoms with E-state index in [0.717, 1.165) is 25.9 Å². The lowest BCUT2D eigenvalue weighted by Crippen LogP contribution is -2.44. The number of hydrogen-bond acceptors (Lipinski definition) is 3. The molecule has 1 rings (SSSR count). The van der Waals surface area contributed by atoms with Crippen LogP contribution in [0.2, 0.25) is 0 Å². The zero-order chi connectivity index (χ0) is 13.5. The Balaban J connectivity index is 2.42. The van der Waals surface area contributed by atoms with Gasteiger partial charge in [-0.05, 0) is 39.9 Å². The van der Waals surface area contributed by atoms with Gasteiger partial charge in [-0.15, -0.1) is 0 Å². The third-order valence-electron chi connectivity index (χ3n) is 3.25. The van der Waals surface area contributed by atoms with Crippen molar-refractivity contribution in [1.29, 1.82) is 0 Å². The van der Waals surface area contributed by atoms with Crippen LogP contribution < -0.4 is 5.32 Å². The summed E-state index contributed by atoms with van der Waals surface area (Å²) >= 11 is 0. The van der Waals surface area contributed by atoms with E-state index < -0.39 is 0 Å². The highest BCUT2D eigenvalue weighted by atomic mass is 16.2. The molecule has 0 bridgehead atoms. The lowest BCUT2D eigenvalue weighted by molar-refractivity contribution is -0.133. The molecule has 5 nitrogen and oxygen atoms in total. The van der Waals surface area contributed by atoms with Crippen LogP contribution in [0.5, 0.6) is 0 Å². The van der Waals surface area contributed by atoms with E-state index in [9.17, 15) is 9.59 Å². The van der Waals surface area contributed by atoms with E-state index in [2.05, 4.69) is 10.2 Å². The second-order valence-corrected chi connectivity index (χ2v) is 5.11. The first-order valence-electron chi connectivity index (χ1n) is 6.77. The molecule has 104 valence electrons. The van der Waals surface area contributed by atoms with E-state index in [1.807, 2.05) is 25.9 Å². The average Bonchev–Trinajstić information content (AvgIpc) is 2.46. The summed E-state index contributed by atoms with van der Waals surface area (Å²) in [5.74, 6) is 0.0687. The molecule has 2 amide bonds. The summed E-state index contributed by atoms with van der Waals surface area (Å²) in [4.78, 5) is 27.6. The van der Waals surface area contributed by atoms with E-state index in [-0.39, 0.29) is 17.9 Å². The predicted octanol–water partition coefficient (Wildman–Crippen LogP) is 0.455. The maximum Gasteiger partial charge on any atom is 0.245 e. The highest BCUT2D eigenvalue weighted by molar-refractivity contribution is 5.89. The molecular formula is C13H25N3O2. The molecule has 1 aliphatic heterocycles. The van der Waals surface area contributed by atoms with Crippen LogP contribution in [0.1, 0.15) is 32.6 Å². The molecule has 0 aromatic heterocycles. The fourth-order valence-corrected chi connectivity index (χ4v) is 2.12. The molecule has 1 unspecified atom stereocenters. The minimum absolute atomic E-state index is 0.00834. The first-order chi connectivity index (χ1) is 8.54. The molecule has 1 aliphatic rings. The standard InChI is InChI=1S/C13H25N3O2/c1-4-11-13(18)16(10-7-12(17)14-11)9-6-5-8-15(2)3/h11H,4-10H2,1-3H3,(H,14,17). The fraction of sp³-hybridized carbons (Fsp3) is 0.846. The number of carbonyl (C=O) groups excluding carboxylic acids is 2. The molecule has 1 fully saturated rings. The van der Waals surface area contributed by atoms with E-state index in [1.54, 1.807) is 0 Å². The van der Waals surface area contributed by atoms with Crippen LogP contribution in [0, 0.1) is 0 Å². The normalized spacial score (nSPS) is 21.1. The molecule has 1 heterocycles. The highest BCUT2D eigenvalue weighted by Gasteiger charge is 2.27. The zero-order valence-corrected chi connectivity index (χ0v) is 11.7. The van der Waals surface area contributed by atoms with Crippen LogP contribution in [0.25, 0.3) is 0 Å². The van der Waals surface area contributed by atoms with Crippen LogP contribution in [-0.2, 0) is 9.59 Å². The average molecular weight is 255 g/mol. The SMILES string of the molecule is CCC1NC(=O)CCN(CCCCN(C)C)C1=O. The Bertz CT molecular complexity index is 292. The van der Waals surface area contributed by atoms with Gasteiger partial charge in [0.1, 0.15) is 6.04 Å². The van der Waals surface area contributed by atoms with Gasteiger partial charge in [-0.1, -0.05) is 6.92 Å². The largest absolute Gasteiger partial charge is 0.344 e. The summed E-state index contributed by atoms with van der Waals surface area (Å²) < 4.78 is 0. The molecular weight excluding hydrogens is 230 g/mol. The smallest absolute Gasteiger partial charge is 0.245 e. The first kappa shape index (κ1) is 15.0. The van der Waals surface area contributed by atoms with E-state index >= 15 is 0 Å². The number of carbonyl (C=O) groups is 2. The number of hydrogen-bond donors (Lipinski definition) is 1. The lowest BCUT2D eigenvalue weighted by atomic mass is 10.2. The predicted molar refractivity (Wildman–Crippen MR) is 71.2 cm³/mol. The van der Waals surface area contributed by atoms with Crippen molar-refractivity contribution in [1.82, 2.24) is 15.1 Å². The Hall–Kier alpha value is -1.10. The molecule has 1 N–H and O–H groups in total. The monoisotopic (exact) mass is 255 g/mol. The van der Waals surface area contributed by atoms with Crippen LogP contribution in [0.3, 0.4) is 0 Å². The van der Waals surface area contributed by atoms with Crippen LogP contribution in [0.4, 0.5) is 0 Å². The van der Waals surface area contributed by atoms with Gasteiger partial charge in [0.2, 0.25) is 11.8 Å². The Morgan fingerprint density at radius 1 is 1.33 bits per heavy atom. The lowest BCUT2D eigenvalue weighted by Gasteiger charge is -2.23. The molecule has 0 aromatic carbocycles. The minimum atomic E-state index is -0.325. The van der Waals surface area contributed by atoms with E-state index in [0.29, 0.717) is 19.4 Å². The van der Waals surface area contributed by atoms with Crippen LogP contribution in [-0.4, -0.2) is 61.4 Å². The van der Waals surface area contributed by atoms with Gasteiger partial charge in [0.25, 0.3) is 0 Å². The second kappa shape index (κ2) is 7.36. The molecule has 0 aliphatic carbocycles. The van der Waals surface area contributed by atoms with Gasteiger partial charge in [-0.2, -0.15) is 0 Å². The molecule has 0 spiro atoms. The van der Waals surface area contributed by atoms with Crippen molar-refractivity contribution >= 4 is 11.8 Å². The number of nitrogens with one attached hydrogen (secondary N) is 1. The number of amides is 2. The quantitative estimate of drug-likeness (QED) is 0.701. The van der Waals surface area contributed by atoms with Gasteiger partial charge >= 0.3 is 0 Å². The second-order valence-electron chi connectivity index (χ2n) is 5.11. The van der Waals surface area contributed by atoms with Crippen molar-refractivity contribution in [2.75, 3.05) is 33.7 Å². The van der Waals surface area contributed by atoms with Gasteiger partial charge in [0.05, 0.1) is 0 Å². The molecule has 18 heavy (non-hydrogen) atoms. The van der Waals surface area contributed by atoms with Gasteiger partial charge in [0.15, 0.2) is 0 Å². The van der Waals surface area contributed by atoms with Crippen molar-refractivity contribution in [3.63, 3.8) is 0 Å². The summed E-state index contributed by atoms with van der Waals surface area (Å²) in [5, 5.41) is 2.78. The number of unbranched alkanes of at least 4 members (excludes halogenated alkanes) is 1. The Labute approximate surface area is 110 Å². The summed E-state index contributed by atoms with van der Waals surface area (Å²) in [6.45, 7) is 4.29. The van der Waals surface area contributed by atoms with Gasteiger partial charge in [-0.25, -0.2) is 0 Å². The Kier molecular flexibility index (Phi) is 6.12. The number of rotatable bonds is 6. The Morgan fingerprint density at radius 3 is 2.67 bits per heavy atom. The summed E-state index contributed by atoms with van der Waals surface area (Å²) in [5.41, 5.74) is 0. The fourth-order valence-electron chi connectivity index (χ4n) is 2.12. The maximum atomic E-state index is 12.2. The van der Waals surface area contributed by atoms with Gasteiger partial charge in [0, 0.05) is 19.5 Å². The van der Waals surface area contributed by atoms with Crippen molar-refractivity contribution in [3.8, 4) is 0 Å². The minimum Gasteiger partial charge on any atom is -0.344 e. The Morgan fingerprint density at radius 2 is 2.06 bits per heavy atom. The maximum absolute atomic E-state index is 12.2. The molecule has 1 atom stereocenters. The van der Waals surface area contributed by atoms with E-state index in [1.165, 1.54) is 0 Å². The van der Waals surface area contributed by atoms with Gasteiger partial charge in [-0.3, -0.25) is 9.59 Å². The van der Waals surface area contributed by atoms with Crippen LogP contribution >= 0.6 is 0 Å². The number of nitrogens with zero attached hydrogens (tertiary/aromatic N) is 2.